The van der Waals surface area contributed by atoms with Crippen LogP contribution in [0.4, 0.5) is 10.1 Å². The molecule has 4 heteroatoms. The number of thiophene rings is 1. The molecule has 0 atom stereocenters. The van der Waals surface area contributed by atoms with Crippen LogP contribution in [0.3, 0.4) is 0 Å². The Kier molecular flexibility index (Phi) is 3.40. The Morgan fingerprint density at radius 1 is 1.35 bits per heavy atom. The van der Waals surface area contributed by atoms with Crippen LogP contribution in [-0.4, -0.2) is 0 Å². The summed E-state index contributed by atoms with van der Waals surface area (Å²) in [5, 5.41) is 11.8. The maximum Gasteiger partial charge on any atom is 0.128 e. The number of anilines is 1. The summed E-state index contributed by atoms with van der Waals surface area (Å²) in [5.41, 5.74) is 1.39. The normalized spacial score (nSPS) is 9.94. The van der Waals surface area contributed by atoms with E-state index in [1.165, 1.54) is 17.4 Å². The van der Waals surface area contributed by atoms with Gasteiger partial charge in [-0.25, -0.2) is 4.39 Å². The standard InChI is InChI=1S/C13H11FN2S/c1-9-2-3-10(6-13(9)14)16-8-12-5-4-11(7-15)17-12/h2-6,16H,8H2,1H3. The number of hydrogen-bond acceptors (Lipinski definition) is 3. The molecule has 2 aromatic rings. The zero-order valence-corrected chi connectivity index (χ0v) is 10.1. The van der Waals surface area contributed by atoms with Gasteiger partial charge in [-0.05, 0) is 36.8 Å². The van der Waals surface area contributed by atoms with E-state index in [1.54, 1.807) is 19.1 Å². The fraction of sp³-hybridized carbons (Fsp3) is 0.154. The van der Waals surface area contributed by atoms with E-state index in [4.69, 9.17) is 5.26 Å². The molecule has 1 N–H and O–H groups in total. The van der Waals surface area contributed by atoms with Crippen molar-refractivity contribution in [3.63, 3.8) is 0 Å². The highest BCUT2D eigenvalue weighted by atomic mass is 32.1. The van der Waals surface area contributed by atoms with Crippen LogP contribution in [0.1, 0.15) is 15.3 Å². The van der Waals surface area contributed by atoms with Crippen molar-refractivity contribution >= 4 is 17.0 Å². The summed E-state index contributed by atoms with van der Waals surface area (Å²) in [7, 11) is 0. The highest BCUT2D eigenvalue weighted by Crippen LogP contribution is 2.18. The van der Waals surface area contributed by atoms with E-state index in [2.05, 4.69) is 11.4 Å². The third-order valence-corrected chi connectivity index (χ3v) is 3.40. The fourth-order valence-corrected chi connectivity index (χ4v) is 2.17. The van der Waals surface area contributed by atoms with E-state index in [0.29, 0.717) is 17.0 Å². The molecule has 0 saturated heterocycles. The van der Waals surface area contributed by atoms with Crippen molar-refractivity contribution in [3.05, 3.63) is 51.5 Å². The topological polar surface area (TPSA) is 35.8 Å². The molecule has 0 spiro atoms. The molecule has 1 aromatic heterocycles. The first-order valence-corrected chi connectivity index (χ1v) is 5.99. The second-order valence-corrected chi connectivity index (χ2v) is 4.86. The second-order valence-electron chi connectivity index (χ2n) is 3.70. The van der Waals surface area contributed by atoms with Crippen molar-refractivity contribution in [2.75, 3.05) is 5.32 Å². The smallest absolute Gasteiger partial charge is 0.128 e. The largest absolute Gasteiger partial charge is 0.380 e. The first-order chi connectivity index (χ1) is 8.19. The van der Waals surface area contributed by atoms with Crippen LogP contribution in [0.25, 0.3) is 0 Å². The zero-order valence-electron chi connectivity index (χ0n) is 9.33. The third kappa shape index (κ3) is 2.83. The average Bonchev–Trinajstić information content (AvgIpc) is 2.79. The lowest BCUT2D eigenvalue weighted by atomic mass is 10.2. The number of nitriles is 1. The summed E-state index contributed by atoms with van der Waals surface area (Å²) in [5.74, 6) is -0.209. The monoisotopic (exact) mass is 246 g/mol. The second kappa shape index (κ2) is 4.98. The molecule has 0 aliphatic heterocycles. The van der Waals surface area contributed by atoms with Crippen LogP contribution in [0.2, 0.25) is 0 Å². The quantitative estimate of drug-likeness (QED) is 0.896. The Bertz CT molecular complexity index is 569. The molecule has 0 fully saturated rings. The SMILES string of the molecule is Cc1ccc(NCc2ccc(C#N)s2)cc1F. The lowest BCUT2D eigenvalue weighted by Crippen LogP contribution is -1.98. The molecule has 0 aliphatic rings. The molecule has 2 nitrogen and oxygen atoms in total. The first kappa shape index (κ1) is 11.6. The molecule has 0 unspecified atom stereocenters. The number of benzene rings is 1. The van der Waals surface area contributed by atoms with Crippen molar-refractivity contribution in [1.29, 1.82) is 5.26 Å². The van der Waals surface area contributed by atoms with Crippen LogP contribution in [0, 0.1) is 24.1 Å². The minimum atomic E-state index is -0.209. The van der Waals surface area contributed by atoms with Crippen molar-refractivity contribution < 1.29 is 4.39 Å². The summed E-state index contributed by atoms with van der Waals surface area (Å²) >= 11 is 1.44. The highest BCUT2D eigenvalue weighted by molar-refractivity contribution is 7.12. The van der Waals surface area contributed by atoms with Crippen LogP contribution in [0.5, 0.6) is 0 Å². The van der Waals surface area contributed by atoms with Gasteiger partial charge in [0.25, 0.3) is 0 Å². The van der Waals surface area contributed by atoms with Crippen LogP contribution in [0.15, 0.2) is 30.3 Å². The van der Waals surface area contributed by atoms with Gasteiger partial charge in [0.15, 0.2) is 0 Å². The Morgan fingerprint density at radius 2 is 2.18 bits per heavy atom. The van der Waals surface area contributed by atoms with Crippen molar-refractivity contribution in [2.45, 2.75) is 13.5 Å². The molecule has 86 valence electrons. The van der Waals surface area contributed by atoms with Gasteiger partial charge < -0.3 is 5.32 Å². The van der Waals surface area contributed by atoms with Crippen LogP contribution < -0.4 is 5.32 Å². The van der Waals surface area contributed by atoms with Gasteiger partial charge >= 0.3 is 0 Å². The minimum Gasteiger partial charge on any atom is -0.380 e. The van der Waals surface area contributed by atoms with Crippen molar-refractivity contribution in [3.8, 4) is 6.07 Å². The summed E-state index contributed by atoms with van der Waals surface area (Å²) in [6.45, 7) is 2.34. The van der Waals surface area contributed by atoms with Gasteiger partial charge in [0.1, 0.15) is 16.8 Å². The van der Waals surface area contributed by atoms with Gasteiger partial charge in [0.05, 0.1) is 0 Å². The number of hydrogen-bond donors (Lipinski definition) is 1. The third-order valence-electron chi connectivity index (χ3n) is 2.41. The average molecular weight is 246 g/mol. The Labute approximate surface area is 103 Å². The molecule has 17 heavy (non-hydrogen) atoms. The number of halogens is 1. The summed E-state index contributed by atoms with van der Waals surface area (Å²) in [6, 6.07) is 10.9. The minimum absolute atomic E-state index is 0.209. The fourth-order valence-electron chi connectivity index (χ4n) is 1.43. The number of aryl methyl sites for hydroxylation is 1. The molecular formula is C13H11FN2S. The van der Waals surface area contributed by atoms with Crippen LogP contribution >= 0.6 is 11.3 Å². The predicted octanol–water partition coefficient (Wildman–Crippen LogP) is 3.68. The van der Waals surface area contributed by atoms with Crippen molar-refractivity contribution in [2.24, 2.45) is 0 Å². The van der Waals surface area contributed by atoms with E-state index in [1.807, 2.05) is 12.1 Å². The lowest BCUT2D eigenvalue weighted by Gasteiger charge is -2.05. The van der Waals surface area contributed by atoms with E-state index >= 15 is 0 Å². The van der Waals surface area contributed by atoms with E-state index in [9.17, 15) is 4.39 Å². The molecule has 0 saturated carbocycles. The first-order valence-electron chi connectivity index (χ1n) is 5.18. The van der Waals surface area contributed by atoms with E-state index in [-0.39, 0.29) is 5.82 Å². The summed E-state index contributed by atoms with van der Waals surface area (Å²) < 4.78 is 13.3. The Balaban J connectivity index is 2.02. The highest BCUT2D eigenvalue weighted by Gasteiger charge is 2.01. The molecule has 0 bridgehead atoms. The maximum atomic E-state index is 13.3. The van der Waals surface area contributed by atoms with Gasteiger partial charge in [0.2, 0.25) is 0 Å². The molecule has 0 amide bonds. The van der Waals surface area contributed by atoms with E-state index < -0.39 is 0 Å². The van der Waals surface area contributed by atoms with Crippen LogP contribution in [-0.2, 0) is 6.54 Å². The molecule has 1 heterocycles. The van der Waals surface area contributed by atoms with Crippen molar-refractivity contribution in [1.82, 2.24) is 0 Å². The molecule has 0 radical (unpaired) electrons. The Hall–Kier alpha value is -1.86. The van der Waals surface area contributed by atoms with Gasteiger partial charge in [-0.3, -0.25) is 0 Å². The van der Waals surface area contributed by atoms with Gasteiger partial charge in [-0.1, -0.05) is 6.07 Å². The molecule has 2 rings (SSSR count). The molecule has 1 aromatic carbocycles. The number of nitrogens with one attached hydrogen (secondary N) is 1. The molecule has 0 aliphatic carbocycles. The maximum absolute atomic E-state index is 13.3. The zero-order chi connectivity index (χ0) is 12.3. The Morgan fingerprint density at radius 3 is 2.82 bits per heavy atom. The van der Waals surface area contributed by atoms with E-state index in [0.717, 1.165) is 10.6 Å². The van der Waals surface area contributed by atoms with Gasteiger partial charge in [-0.2, -0.15) is 5.26 Å². The summed E-state index contributed by atoms with van der Waals surface area (Å²) in [6.07, 6.45) is 0. The lowest BCUT2D eigenvalue weighted by molar-refractivity contribution is 0.619. The van der Waals surface area contributed by atoms with Gasteiger partial charge in [0, 0.05) is 17.1 Å². The number of rotatable bonds is 3. The molecular weight excluding hydrogens is 235 g/mol. The predicted molar refractivity (Wildman–Crippen MR) is 67.5 cm³/mol. The van der Waals surface area contributed by atoms with Gasteiger partial charge in [-0.15, -0.1) is 11.3 Å². The summed E-state index contributed by atoms with van der Waals surface area (Å²) in [4.78, 5) is 1.75. The number of nitrogens with zero attached hydrogens (tertiary/aromatic N) is 1.